The summed E-state index contributed by atoms with van der Waals surface area (Å²) in [4.78, 5) is 26.3. The second-order valence-electron chi connectivity index (χ2n) is 5.49. The van der Waals surface area contributed by atoms with Crippen molar-refractivity contribution in [2.45, 2.75) is 19.5 Å². The largest absolute Gasteiger partial charge is 0.433 e. The van der Waals surface area contributed by atoms with Gasteiger partial charge in [0.2, 0.25) is 0 Å². The summed E-state index contributed by atoms with van der Waals surface area (Å²) in [6, 6.07) is 16.2. The zero-order valence-electron chi connectivity index (χ0n) is 12.8. The molecule has 3 rings (SSSR count). The van der Waals surface area contributed by atoms with Crippen molar-refractivity contribution in [3.8, 4) is 0 Å². The normalized spacial score (nSPS) is 16.2. The molecule has 0 saturated carbocycles. The van der Waals surface area contributed by atoms with Crippen molar-refractivity contribution >= 4 is 11.9 Å². The van der Waals surface area contributed by atoms with Gasteiger partial charge < -0.3 is 9.64 Å². The highest BCUT2D eigenvalue weighted by Crippen LogP contribution is 2.18. The summed E-state index contributed by atoms with van der Waals surface area (Å²) < 4.78 is 4.88. The van der Waals surface area contributed by atoms with E-state index in [1.54, 1.807) is 18.2 Å². The highest BCUT2D eigenvalue weighted by molar-refractivity contribution is 5.97. The molecule has 0 spiro atoms. The average molecular weight is 307 g/mol. The van der Waals surface area contributed by atoms with Gasteiger partial charge in [0.1, 0.15) is 0 Å². The SMILES string of the molecule is Cc1ccc(C(=O)N(Cc2ccccc2)C2C=COC2=O)cc1. The summed E-state index contributed by atoms with van der Waals surface area (Å²) in [6.45, 7) is 2.31. The molecule has 1 aliphatic rings. The summed E-state index contributed by atoms with van der Waals surface area (Å²) >= 11 is 0. The standard InChI is InChI=1S/C19H17NO3/c1-14-7-9-16(10-8-14)18(21)20(17-11-12-23-19(17)22)13-15-5-3-2-4-6-15/h2-12,17H,13H2,1H3. The Bertz CT molecular complexity index is 735. The van der Waals surface area contributed by atoms with Gasteiger partial charge in [-0.2, -0.15) is 0 Å². The number of amides is 1. The molecular weight excluding hydrogens is 290 g/mol. The Balaban J connectivity index is 1.91. The van der Waals surface area contributed by atoms with Crippen LogP contribution in [0.25, 0.3) is 0 Å². The third kappa shape index (κ3) is 3.31. The number of hydrogen-bond acceptors (Lipinski definition) is 3. The molecular formula is C19H17NO3. The molecule has 1 aliphatic heterocycles. The van der Waals surface area contributed by atoms with Crippen LogP contribution in [0.5, 0.6) is 0 Å². The van der Waals surface area contributed by atoms with Crippen LogP contribution in [0, 0.1) is 6.92 Å². The van der Waals surface area contributed by atoms with E-state index in [0.717, 1.165) is 11.1 Å². The van der Waals surface area contributed by atoms with Crippen LogP contribution in [0.1, 0.15) is 21.5 Å². The fourth-order valence-corrected chi connectivity index (χ4v) is 2.50. The molecule has 1 amide bonds. The zero-order chi connectivity index (χ0) is 16.2. The fourth-order valence-electron chi connectivity index (χ4n) is 2.50. The Labute approximate surface area is 135 Å². The molecule has 4 nitrogen and oxygen atoms in total. The van der Waals surface area contributed by atoms with Crippen molar-refractivity contribution in [3.05, 3.63) is 83.6 Å². The number of benzene rings is 2. The summed E-state index contributed by atoms with van der Waals surface area (Å²) in [7, 11) is 0. The van der Waals surface area contributed by atoms with E-state index in [1.807, 2.05) is 49.4 Å². The van der Waals surface area contributed by atoms with Gasteiger partial charge in [0.05, 0.1) is 6.26 Å². The van der Waals surface area contributed by atoms with Gasteiger partial charge in [0.25, 0.3) is 5.91 Å². The van der Waals surface area contributed by atoms with Crippen LogP contribution in [-0.4, -0.2) is 22.8 Å². The first-order chi connectivity index (χ1) is 11.1. The molecule has 0 N–H and O–H groups in total. The van der Waals surface area contributed by atoms with Gasteiger partial charge in [-0.3, -0.25) is 4.79 Å². The first-order valence-corrected chi connectivity index (χ1v) is 7.44. The average Bonchev–Trinajstić information content (AvgIpc) is 2.99. The number of aryl methyl sites for hydroxylation is 1. The highest BCUT2D eigenvalue weighted by Gasteiger charge is 2.32. The minimum Gasteiger partial charge on any atom is -0.433 e. The number of ether oxygens (including phenoxy) is 1. The first-order valence-electron chi connectivity index (χ1n) is 7.44. The molecule has 0 bridgehead atoms. The summed E-state index contributed by atoms with van der Waals surface area (Å²) in [5.74, 6) is -0.622. The van der Waals surface area contributed by atoms with Gasteiger partial charge in [0.15, 0.2) is 6.04 Å². The molecule has 1 heterocycles. The maximum atomic E-state index is 12.9. The van der Waals surface area contributed by atoms with Crippen LogP contribution in [-0.2, 0) is 16.1 Å². The van der Waals surface area contributed by atoms with E-state index in [4.69, 9.17) is 4.74 Å². The van der Waals surface area contributed by atoms with E-state index in [9.17, 15) is 9.59 Å². The van der Waals surface area contributed by atoms with Crippen molar-refractivity contribution in [1.82, 2.24) is 4.90 Å². The Hall–Kier alpha value is -2.88. The van der Waals surface area contributed by atoms with Crippen LogP contribution in [0.15, 0.2) is 66.9 Å². The van der Waals surface area contributed by atoms with Crippen LogP contribution >= 0.6 is 0 Å². The lowest BCUT2D eigenvalue weighted by Gasteiger charge is -2.26. The predicted octanol–water partition coefficient (Wildman–Crippen LogP) is 3.08. The molecule has 23 heavy (non-hydrogen) atoms. The van der Waals surface area contributed by atoms with Crippen molar-refractivity contribution < 1.29 is 14.3 Å². The summed E-state index contributed by atoms with van der Waals surface area (Å²) in [6.07, 6.45) is 2.95. The minimum absolute atomic E-state index is 0.192. The molecule has 116 valence electrons. The molecule has 1 atom stereocenters. The van der Waals surface area contributed by atoms with E-state index < -0.39 is 12.0 Å². The van der Waals surface area contributed by atoms with E-state index in [-0.39, 0.29) is 5.91 Å². The first kappa shape index (κ1) is 15.0. The quantitative estimate of drug-likeness (QED) is 0.816. The number of rotatable bonds is 4. The van der Waals surface area contributed by atoms with Crippen molar-refractivity contribution in [2.24, 2.45) is 0 Å². The van der Waals surface area contributed by atoms with Crippen LogP contribution in [0.3, 0.4) is 0 Å². The monoisotopic (exact) mass is 307 g/mol. The lowest BCUT2D eigenvalue weighted by molar-refractivity contribution is -0.139. The smallest absolute Gasteiger partial charge is 0.337 e. The number of carbonyl (C=O) groups excluding carboxylic acids is 2. The van der Waals surface area contributed by atoms with Gasteiger partial charge >= 0.3 is 5.97 Å². The molecule has 2 aromatic carbocycles. The Morgan fingerprint density at radius 3 is 2.39 bits per heavy atom. The minimum atomic E-state index is -0.691. The van der Waals surface area contributed by atoms with Crippen molar-refractivity contribution in [3.63, 3.8) is 0 Å². The van der Waals surface area contributed by atoms with E-state index in [2.05, 4.69) is 0 Å². The number of cyclic esters (lactones) is 1. The van der Waals surface area contributed by atoms with E-state index in [1.165, 1.54) is 11.2 Å². The van der Waals surface area contributed by atoms with E-state index in [0.29, 0.717) is 12.1 Å². The molecule has 0 aliphatic carbocycles. The second-order valence-corrected chi connectivity index (χ2v) is 5.49. The van der Waals surface area contributed by atoms with Crippen LogP contribution in [0.2, 0.25) is 0 Å². The topological polar surface area (TPSA) is 46.6 Å². The maximum Gasteiger partial charge on any atom is 0.337 e. The highest BCUT2D eigenvalue weighted by atomic mass is 16.5. The van der Waals surface area contributed by atoms with Gasteiger partial charge in [-0.05, 0) is 30.7 Å². The molecule has 0 radical (unpaired) electrons. The number of nitrogens with zero attached hydrogens (tertiary/aromatic N) is 1. The molecule has 4 heteroatoms. The summed E-state index contributed by atoms with van der Waals surface area (Å²) in [5.41, 5.74) is 2.59. The molecule has 0 aromatic heterocycles. The van der Waals surface area contributed by atoms with Gasteiger partial charge in [-0.25, -0.2) is 4.79 Å². The third-order valence-electron chi connectivity index (χ3n) is 3.78. The molecule has 2 aromatic rings. The van der Waals surface area contributed by atoms with Crippen molar-refractivity contribution in [2.75, 3.05) is 0 Å². The van der Waals surface area contributed by atoms with Crippen molar-refractivity contribution in [1.29, 1.82) is 0 Å². The van der Waals surface area contributed by atoms with Crippen LogP contribution < -0.4 is 0 Å². The lowest BCUT2D eigenvalue weighted by Crippen LogP contribution is -2.42. The van der Waals surface area contributed by atoms with Gasteiger partial charge in [-0.1, -0.05) is 48.0 Å². The zero-order valence-corrected chi connectivity index (χ0v) is 12.8. The second kappa shape index (κ2) is 6.48. The fraction of sp³-hybridized carbons (Fsp3) is 0.158. The maximum absolute atomic E-state index is 12.9. The van der Waals surface area contributed by atoms with Gasteiger partial charge in [0, 0.05) is 12.1 Å². The van der Waals surface area contributed by atoms with Crippen LogP contribution in [0.4, 0.5) is 0 Å². The number of hydrogen-bond donors (Lipinski definition) is 0. The Kier molecular flexibility index (Phi) is 4.24. The predicted molar refractivity (Wildman–Crippen MR) is 86.5 cm³/mol. The number of esters is 1. The molecule has 0 fully saturated rings. The molecule has 1 unspecified atom stereocenters. The Morgan fingerprint density at radius 1 is 1.09 bits per heavy atom. The third-order valence-corrected chi connectivity index (χ3v) is 3.78. The Morgan fingerprint density at radius 2 is 1.78 bits per heavy atom. The summed E-state index contributed by atoms with van der Waals surface area (Å²) in [5, 5.41) is 0. The van der Waals surface area contributed by atoms with E-state index >= 15 is 0 Å². The lowest BCUT2D eigenvalue weighted by atomic mass is 10.1. The number of carbonyl (C=O) groups is 2. The van der Waals surface area contributed by atoms with Gasteiger partial charge in [-0.15, -0.1) is 0 Å². The molecule has 0 saturated heterocycles.